The molecule has 250 valence electrons. The summed E-state index contributed by atoms with van der Waals surface area (Å²) in [5.74, 6) is 1.85. The Hall–Kier alpha value is -0.820. The summed E-state index contributed by atoms with van der Waals surface area (Å²) in [6.45, 7) is 8.00. The standard InChI is InChI=1S/C32H58N2O8S/c1-19(7-10-29(39)33-11-6-12-34(4,5)17-23(36)18-43(40,41)42)25-8-9-26-31-24(16-28(38)32(25,26)3)30-20(2)13-22(35)14-21(30)15-27(31)37/h19-28,30-31,35-38H,6-18H2,1-5H3,(H-,33,39,40,41,42)/p+1/t19?,20-,21?,22-,23?,24?,25-,26?,27-,28+,30?,31?,32-/m1/s1. The van der Waals surface area contributed by atoms with E-state index in [-0.39, 0.29) is 47.8 Å². The highest BCUT2D eigenvalue weighted by Gasteiger charge is 2.63. The van der Waals surface area contributed by atoms with Crippen LogP contribution in [0.2, 0.25) is 0 Å². The Morgan fingerprint density at radius 1 is 1.07 bits per heavy atom. The largest absolute Gasteiger partial charge is 0.393 e. The third-order valence-corrected chi connectivity index (χ3v) is 13.2. The van der Waals surface area contributed by atoms with Gasteiger partial charge in [0.05, 0.1) is 39.0 Å². The van der Waals surface area contributed by atoms with Crippen molar-refractivity contribution in [2.24, 2.45) is 52.8 Å². The fourth-order valence-corrected chi connectivity index (χ4v) is 11.3. The molecule has 7 unspecified atom stereocenters. The van der Waals surface area contributed by atoms with Crippen molar-refractivity contribution in [2.75, 3.05) is 39.5 Å². The maximum atomic E-state index is 12.7. The zero-order chi connectivity index (χ0) is 31.9. The SMILES string of the molecule is CC(CCC(=O)NCCC[N+](C)(C)CC(O)CS(=O)(=O)O)[C@H]1CCC2C3C(C[C@H](O)[C@@]21C)C1C(C[C@H](O)C[C@H]1C)C[C@H]3O. The van der Waals surface area contributed by atoms with E-state index in [0.717, 1.165) is 44.9 Å². The van der Waals surface area contributed by atoms with E-state index < -0.39 is 28.1 Å². The predicted molar refractivity (Wildman–Crippen MR) is 164 cm³/mol. The monoisotopic (exact) mass is 631 g/mol. The van der Waals surface area contributed by atoms with E-state index in [1.54, 1.807) is 0 Å². The van der Waals surface area contributed by atoms with Crippen LogP contribution in [0.15, 0.2) is 0 Å². The van der Waals surface area contributed by atoms with Gasteiger partial charge in [-0.2, -0.15) is 8.42 Å². The average molecular weight is 632 g/mol. The first-order chi connectivity index (χ1) is 19.9. The number of hydrogen-bond acceptors (Lipinski definition) is 7. The highest BCUT2D eigenvalue weighted by Crippen LogP contribution is 2.66. The minimum absolute atomic E-state index is 0.00487. The van der Waals surface area contributed by atoms with Gasteiger partial charge in [0, 0.05) is 19.4 Å². The summed E-state index contributed by atoms with van der Waals surface area (Å²) in [6, 6.07) is 0. The lowest BCUT2D eigenvalue weighted by Gasteiger charge is -2.60. The van der Waals surface area contributed by atoms with E-state index in [0.29, 0.717) is 60.0 Å². The molecule has 0 aliphatic heterocycles. The van der Waals surface area contributed by atoms with Gasteiger partial charge in [-0.05, 0) is 97.7 Å². The van der Waals surface area contributed by atoms with Crippen molar-refractivity contribution in [3.8, 4) is 0 Å². The summed E-state index contributed by atoms with van der Waals surface area (Å²) in [7, 11) is -0.483. The molecule has 1 amide bonds. The molecule has 6 N–H and O–H groups in total. The molecular weight excluding hydrogens is 572 g/mol. The number of likely N-dealkylation sites (N-methyl/N-ethyl adjacent to an activating group) is 1. The van der Waals surface area contributed by atoms with Crippen LogP contribution < -0.4 is 5.32 Å². The van der Waals surface area contributed by atoms with Gasteiger partial charge in [-0.1, -0.05) is 20.8 Å². The number of aliphatic hydroxyl groups excluding tert-OH is 4. The summed E-state index contributed by atoms with van der Waals surface area (Å²) in [6.07, 6.45) is 4.68. The number of fused-ring (bicyclic) bond motifs is 5. The van der Waals surface area contributed by atoms with Crippen LogP contribution in [0.4, 0.5) is 0 Å². The van der Waals surface area contributed by atoms with Gasteiger partial charge in [-0.15, -0.1) is 0 Å². The second-order valence-electron chi connectivity index (χ2n) is 15.9. The quantitative estimate of drug-likeness (QED) is 0.108. The number of hydrogen-bond donors (Lipinski definition) is 6. The van der Waals surface area contributed by atoms with E-state index in [2.05, 4.69) is 26.1 Å². The Labute approximate surface area is 259 Å². The molecule has 4 aliphatic carbocycles. The van der Waals surface area contributed by atoms with Crippen LogP contribution in [-0.4, -0.2) is 108 Å². The molecule has 0 bridgehead atoms. The Balaban J connectivity index is 1.26. The van der Waals surface area contributed by atoms with Crippen LogP contribution in [0, 0.1) is 52.8 Å². The lowest BCUT2D eigenvalue weighted by molar-refractivity contribution is -0.893. The molecule has 11 heteroatoms. The molecule has 0 aromatic heterocycles. The van der Waals surface area contributed by atoms with E-state index in [4.69, 9.17) is 4.55 Å². The first kappa shape index (κ1) is 35.0. The summed E-state index contributed by atoms with van der Waals surface area (Å²) >= 11 is 0. The molecule has 4 aliphatic rings. The Kier molecular flexibility index (Phi) is 11.0. The minimum Gasteiger partial charge on any atom is -0.393 e. The molecule has 0 radical (unpaired) electrons. The topological polar surface area (TPSA) is 164 Å². The van der Waals surface area contributed by atoms with Crippen molar-refractivity contribution in [1.82, 2.24) is 5.32 Å². The van der Waals surface area contributed by atoms with Crippen molar-refractivity contribution >= 4 is 16.0 Å². The third-order valence-electron chi connectivity index (χ3n) is 12.3. The summed E-state index contributed by atoms with van der Waals surface area (Å²) in [5.41, 5.74) is -0.272. The van der Waals surface area contributed by atoms with Gasteiger partial charge in [0.25, 0.3) is 10.1 Å². The molecule has 0 aromatic rings. The number of carbonyl (C=O) groups is 1. The van der Waals surface area contributed by atoms with Crippen molar-refractivity contribution in [2.45, 2.75) is 103 Å². The molecule has 43 heavy (non-hydrogen) atoms. The van der Waals surface area contributed by atoms with E-state index in [9.17, 15) is 33.6 Å². The number of nitrogens with zero attached hydrogens (tertiary/aromatic N) is 1. The van der Waals surface area contributed by atoms with Gasteiger partial charge in [-0.3, -0.25) is 9.35 Å². The van der Waals surface area contributed by atoms with Gasteiger partial charge in [0.1, 0.15) is 18.4 Å². The van der Waals surface area contributed by atoms with Crippen molar-refractivity contribution in [3.05, 3.63) is 0 Å². The molecule has 10 nitrogen and oxygen atoms in total. The van der Waals surface area contributed by atoms with Gasteiger partial charge < -0.3 is 30.2 Å². The second-order valence-corrected chi connectivity index (χ2v) is 17.4. The van der Waals surface area contributed by atoms with Crippen molar-refractivity contribution < 1.29 is 42.7 Å². The first-order valence-corrected chi connectivity index (χ1v) is 18.3. The molecular formula is C32H59N2O8S+. The van der Waals surface area contributed by atoms with Crippen LogP contribution in [0.3, 0.4) is 0 Å². The molecule has 0 heterocycles. The number of amides is 1. The third kappa shape index (κ3) is 7.95. The molecule has 4 saturated carbocycles. The second kappa shape index (κ2) is 13.5. The predicted octanol–water partition coefficient (Wildman–Crippen LogP) is 2.05. The van der Waals surface area contributed by atoms with Crippen molar-refractivity contribution in [1.29, 1.82) is 0 Å². The summed E-state index contributed by atoms with van der Waals surface area (Å²) in [4.78, 5) is 12.7. The van der Waals surface area contributed by atoms with E-state index >= 15 is 0 Å². The van der Waals surface area contributed by atoms with Crippen LogP contribution in [0.1, 0.15) is 78.6 Å². The minimum atomic E-state index is -4.23. The number of quaternary nitrogens is 1. The van der Waals surface area contributed by atoms with Gasteiger partial charge in [0.2, 0.25) is 5.91 Å². The Morgan fingerprint density at radius 3 is 2.44 bits per heavy atom. The smallest absolute Gasteiger partial charge is 0.267 e. The molecule has 0 saturated heterocycles. The van der Waals surface area contributed by atoms with Crippen LogP contribution in [0.5, 0.6) is 0 Å². The van der Waals surface area contributed by atoms with E-state index in [1.807, 2.05) is 14.1 Å². The van der Waals surface area contributed by atoms with Crippen LogP contribution in [-0.2, 0) is 14.9 Å². The lowest BCUT2D eigenvalue weighted by atomic mass is 9.46. The maximum absolute atomic E-state index is 12.7. The number of rotatable bonds is 12. The Morgan fingerprint density at radius 2 is 1.77 bits per heavy atom. The summed E-state index contributed by atoms with van der Waals surface area (Å²) in [5, 5.41) is 46.5. The number of carbonyl (C=O) groups excluding carboxylic acids is 1. The summed E-state index contributed by atoms with van der Waals surface area (Å²) < 4.78 is 31.3. The molecule has 13 atom stereocenters. The zero-order valence-electron chi connectivity index (χ0n) is 26.9. The zero-order valence-corrected chi connectivity index (χ0v) is 27.8. The fraction of sp³-hybridized carbons (Fsp3) is 0.969. The Bertz CT molecular complexity index is 1070. The first-order valence-electron chi connectivity index (χ1n) is 16.7. The van der Waals surface area contributed by atoms with Gasteiger partial charge in [0.15, 0.2) is 0 Å². The normalized spacial score (nSPS) is 41.1. The van der Waals surface area contributed by atoms with Gasteiger partial charge >= 0.3 is 0 Å². The van der Waals surface area contributed by atoms with Crippen LogP contribution in [0.25, 0.3) is 0 Å². The van der Waals surface area contributed by atoms with Crippen molar-refractivity contribution in [3.63, 3.8) is 0 Å². The van der Waals surface area contributed by atoms with E-state index in [1.165, 1.54) is 0 Å². The molecule has 4 fully saturated rings. The fourth-order valence-electron chi connectivity index (χ4n) is 10.7. The van der Waals surface area contributed by atoms with Crippen LogP contribution >= 0.6 is 0 Å². The highest BCUT2D eigenvalue weighted by molar-refractivity contribution is 7.85. The molecule has 0 aromatic carbocycles. The average Bonchev–Trinajstić information content (AvgIpc) is 3.21. The molecule has 4 rings (SSSR count). The lowest BCUT2D eigenvalue weighted by Crippen LogP contribution is -2.60. The number of aliphatic hydroxyl groups is 4. The number of nitrogens with one attached hydrogen (secondary N) is 1. The van der Waals surface area contributed by atoms with Gasteiger partial charge in [-0.25, -0.2) is 0 Å². The molecule has 0 spiro atoms. The maximum Gasteiger partial charge on any atom is 0.267 e. The highest BCUT2D eigenvalue weighted by atomic mass is 32.2.